The number of hydrogen-bond acceptors (Lipinski definition) is 2. The van der Waals surface area contributed by atoms with Gasteiger partial charge in [-0.25, -0.2) is 9.36 Å². The Bertz CT molecular complexity index is 151. The molecule has 0 aliphatic carbocycles. The molecule has 8 heteroatoms. The van der Waals surface area contributed by atoms with Crippen LogP contribution < -0.4 is 0 Å². The van der Waals surface area contributed by atoms with Gasteiger partial charge in [0.1, 0.15) is 0 Å². The fourth-order valence-electron chi connectivity index (χ4n) is 0. The van der Waals surface area contributed by atoms with E-state index in [0.717, 1.165) is 0 Å². The lowest BCUT2D eigenvalue weighted by atomic mass is 10.8. The average molecular weight is 204 g/mol. The van der Waals surface area contributed by atoms with Crippen LogP contribution in [0.4, 0.5) is 8.99 Å². The number of rotatable bonds is 0. The van der Waals surface area contributed by atoms with Gasteiger partial charge >= 0.3 is 14.1 Å². The Labute approximate surface area is 68.2 Å². The van der Waals surface area contributed by atoms with E-state index in [2.05, 4.69) is 6.58 Å². The van der Waals surface area contributed by atoms with Crippen molar-refractivity contribution in [2.45, 2.75) is 6.92 Å². The van der Waals surface area contributed by atoms with Crippen LogP contribution in [0.15, 0.2) is 12.7 Å². The summed E-state index contributed by atoms with van der Waals surface area (Å²) in [6.07, 6.45) is -0.0833. The Morgan fingerprint density at radius 2 is 1.50 bits per heavy atom. The van der Waals surface area contributed by atoms with E-state index < -0.39 is 14.1 Å². The van der Waals surface area contributed by atoms with Crippen molar-refractivity contribution in [2.75, 3.05) is 0 Å². The van der Waals surface area contributed by atoms with Crippen molar-refractivity contribution in [3.8, 4) is 0 Å². The van der Waals surface area contributed by atoms with Crippen LogP contribution in [0, 0.1) is 0 Å². The third-order valence-corrected chi connectivity index (χ3v) is 0. The standard InChI is InChI=1S/C3H6.CH2O3.FH2O3P/c1-3-2;2-1(3)4;1-5(2,3)4/h3H,1H2,2H3;(H2,2,3,4);(H2,2,3,4). The molecule has 74 valence electrons. The molecule has 0 aromatic carbocycles. The summed E-state index contributed by atoms with van der Waals surface area (Å²) in [6.45, 7) is 5.25. The largest absolute Gasteiger partial charge is 0.507 e. The summed E-state index contributed by atoms with van der Waals surface area (Å²) in [4.78, 5) is 22.5. The van der Waals surface area contributed by atoms with E-state index >= 15 is 0 Å². The molecule has 0 saturated carbocycles. The normalized spacial score (nSPS) is 8.00. The molecule has 0 aromatic rings. The van der Waals surface area contributed by atoms with Crippen molar-refractivity contribution in [3.05, 3.63) is 12.7 Å². The van der Waals surface area contributed by atoms with Gasteiger partial charge in [0.05, 0.1) is 0 Å². The van der Waals surface area contributed by atoms with Gasteiger partial charge in [-0.15, -0.1) is 10.8 Å². The van der Waals surface area contributed by atoms with Crippen molar-refractivity contribution in [1.82, 2.24) is 0 Å². The van der Waals surface area contributed by atoms with Crippen molar-refractivity contribution >= 4 is 14.1 Å². The van der Waals surface area contributed by atoms with E-state index in [0.29, 0.717) is 0 Å². The summed E-state index contributed by atoms with van der Waals surface area (Å²) in [6, 6.07) is 0. The van der Waals surface area contributed by atoms with Crippen LogP contribution in [-0.2, 0) is 4.57 Å². The SMILES string of the molecule is C=CC.O=C(O)O.O=P(O)(O)F. The van der Waals surface area contributed by atoms with Crippen molar-refractivity contribution in [2.24, 2.45) is 0 Å². The molecule has 0 saturated heterocycles. The first kappa shape index (κ1) is 17.3. The van der Waals surface area contributed by atoms with Crippen molar-refractivity contribution < 1.29 is 33.6 Å². The molecule has 0 aliphatic heterocycles. The predicted molar refractivity (Wildman–Crippen MR) is 39.7 cm³/mol. The highest BCUT2D eigenvalue weighted by molar-refractivity contribution is 7.45. The summed E-state index contributed by atoms with van der Waals surface area (Å²) < 4.78 is 19.0. The zero-order valence-corrected chi connectivity index (χ0v) is 7.11. The van der Waals surface area contributed by atoms with Gasteiger partial charge in [-0.1, -0.05) is 6.08 Å². The molecule has 0 aromatic heterocycles. The molecule has 0 bridgehead atoms. The van der Waals surface area contributed by atoms with E-state index in [-0.39, 0.29) is 0 Å². The zero-order valence-electron chi connectivity index (χ0n) is 6.21. The molecule has 0 spiro atoms. The van der Waals surface area contributed by atoms with Crippen LogP contribution in [0.3, 0.4) is 0 Å². The number of hydrogen-bond donors (Lipinski definition) is 4. The maximum Gasteiger partial charge on any atom is 0.507 e. The Balaban J connectivity index is -0.000000105. The van der Waals surface area contributed by atoms with Crippen molar-refractivity contribution in [3.63, 3.8) is 0 Å². The lowest BCUT2D eigenvalue weighted by molar-refractivity contribution is 0.137. The van der Waals surface area contributed by atoms with Crippen LogP contribution >= 0.6 is 7.91 Å². The van der Waals surface area contributed by atoms with E-state index in [9.17, 15) is 4.20 Å². The van der Waals surface area contributed by atoms with Gasteiger partial charge in [-0.2, -0.15) is 0 Å². The highest BCUT2D eigenvalue weighted by atomic mass is 31.2. The monoisotopic (exact) mass is 204 g/mol. The molecule has 0 unspecified atom stereocenters. The van der Waals surface area contributed by atoms with Crippen LogP contribution in [0.25, 0.3) is 0 Å². The zero-order chi connectivity index (χ0) is 10.8. The molecule has 0 aliphatic rings. The molecule has 0 fully saturated rings. The van der Waals surface area contributed by atoms with Gasteiger partial charge in [0.15, 0.2) is 0 Å². The minimum Gasteiger partial charge on any atom is -0.450 e. The number of carboxylic acid groups (broad SMARTS) is 2. The molecular formula is C4H10FO6P. The fraction of sp³-hybridized carbons (Fsp3) is 0.250. The van der Waals surface area contributed by atoms with Gasteiger partial charge in [-0.3, -0.25) is 9.79 Å². The Kier molecular flexibility index (Phi) is 14.5. The lowest BCUT2D eigenvalue weighted by Crippen LogP contribution is -1.81. The third kappa shape index (κ3) is 718. The Hall–Kier alpha value is -0.910. The topological polar surface area (TPSA) is 115 Å². The number of carbonyl (C=O) groups is 1. The maximum absolute atomic E-state index is 10.4. The molecule has 0 amide bonds. The minimum absolute atomic E-state index is 1.75. The van der Waals surface area contributed by atoms with Crippen LogP contribution in [-0.4, -0.2) is 26.2 Å². The number of allylic oxidation sites excluding steroid dienone is 1. The third-order valence-electron chi connectivity index (χ3n) is 0. The number of halogens is 1. The molecular weight excluding hydrogens is 194 g/mol. The highest BCUT2D eigenvalue weighted by Gasteiger charge is 2.04. The lowest BCUT2D eigenvalue weighted by Gasteiger charge is -1.77. The summed E-state index contributed by atoms with van der Waals surface area (Å²) in [5.74, 6) is 0. The Morgan fingerprint density at radius 1 is 1.50 bits per heavy atom. The quantitative estimate of drug-likeness (QED) is 0.350. The molecule has 0 radical (unpaired) electrons. The minimum atomic E-state index is -5.14. The second kappa shape index (κ2) is 10.1. The summed E-state index contributed by atoms with van der Waals surface area (Å²) in [7, 11) is -5.14. The van der Waals surface area contributed by atoms with E-state index in [1.807, 2.05) is 6.92 Å². The second-order valence-corrected chi connectivity index (χ2v) is 2.11. The predicted octanol–water partition coefficient (Wildman–Crippen LogP) is 1.46. The molecule has 12 heavy (non-hydrogen) atoms. The van der Waals surface area contributed by atoms with E-state index in [1.54, 1.807) is 6.08 Å². The van der Waals surface area contributed by atoms with Crippen LogP contribution in [0.2, 0.25) is 0 Å². The molecule has 0 rings (SSSR count). The van der Waals surface area contributed by atoms with Crippen molar-refractivity contribution in [1.29, 1.82) is 0 Å². The molecule has 0 atom stereocenters. The van der Waals surface area contributed by atoms with Gasteiger partial charge in [0.25, 0.3) is 0 Å². The van der Waals surface area contributed by atoms with Gasteiger partial charge < -0.3 is 10.2 Å². The first-order chi connectivity index (χ1) is 5.15. The highest BCUT2D eigenvalue weighted by Crippen LogP contribution is 2.34. The second-order valence-electron chi connectivity index (χ2n) is 1.16. The van der Waals surface area contributed by atoms with Gasteiger partial charge in [-0.05, 0) is 6.92 Å². The Morgan fingerprint density at radius 3 is 1.50 bits per heavy atom. The molecule has 0 heterocycles. The fourth-order valence-corrected chi connectivity index (χ4v) is 0. The summed E-state index contributed by atoms with van der Waals surface area (Å²) in [5, 5.41) is 13.9. The maximum atomic E-state index is 10.4. The summed E-state index contributed by atoms with van der Waals surface area (Å²) in [5.41, 5.74) is 0. The first-order valence-electron chi connectivity index (χ1n) is 2.39. The van der Waals surface area contributed by atoms with E-state index in [4.69, 9.17) is 29.4 Å². The average Bonchev–Trinajstić information content (AvgIpc) is 1.56. The molecule has 6 nitrogen and oxygen atoms in total. The van der Waals surface area contributed by atoms with Gasteiger partial charge in [0, 0.05) is 0 Å². The van der Waals surface area contributed by atoms with Gasteiger partial charge in [0.2, 0.25) is 0 Å². The molecule has 4 N–H and O–H groups in total. The van der Waals surface area contributed by atoms with Crippen LogP contribution in [0.5, 0.6) is 0 Å². The van der Waals surface area contributed by atoms with E-state index in [1.165, 1.54) is 0 Å². The summed E-state index contributed by atoms with van der Waals surface area (Å²) >= 11 is 0. The smallest absolute Gasteiger partial charge is 0.450 e. The van der Waals surface area contributed by atoms with Crippen LogP contribution in [0.1, 0.15) is 6.92 Å². The first-order valence-corrected chi connectivity index (χ1v) is 3.89.